The molecule has 0 saturated carbocycles. The maximum absolute atomic E-state index is 13.7. The first-order valence-corrected chi connectivity index (χ1v) is 8.40. The normalized spacial score (nSPS) is 16.4. The van der Waals surface area contributed by atoms with E-state index in [2.05, 4.69) is 15.9 Å². The molecule has 0 radical (unpaired) electrons. The molecular formula is C17H11BrFNO2S. The largest absolute Gasteiger partial charge is 0.293 e. The molecule has 3 nitrogen and oxygen atoms in total. The molecule has 0 atom stereocenters. The molecule has 0 bridgehead atoms. The molecule has 0 aliphatic carbocycles. The van der Waals surface area contributed by atoms with Crippen LogP contribution in [0.3, 0.4) is 0 Å². The Hall–Kier alpha value is -1.92. The lowest BCUT2D eigenvalue weighted by molar-refractivity contribution is -0.123. The standard InChI is InChI=1S/C17H11BrFNO2S/c18-13-7-3-1-5-11(13)9-15-16(21)20(17(22)23-15)10-12-6-2-4-8-14(12)19/h1-9H,10H2/b15-9-. The summed E-state index contributed by atoms with van der Waals surface area (Å²) in [5.41, 5.74) is 1.13. The van der Waals surface area contributed by atoms with E-state index in [1.165, 1.54) is 6.07 Å². The highest BCUT2D eigenvalue weighted by Gasteiger charge is 2.35. The van der Waals surface area contributed by atoms with E-state index in [9.17, 15) is 14.0 Å². The molecule has 116 valence electrons. The second-order valence-electron chi connectivity index (χ2n) is 4.88. The van der Waals surface area contributed by atoms with Gasteiger partial charge in [-0.1, -0.05) is 52.3 Å². The molecule has 1 heterocycles. The molecule has 1 saturated heterocycles. The molecule has 2 aromatic rings. The smallest absolute Gasteiger partial charge is 0.268 e. The van der Waals surface area contributed by atoms with Crippen LogP contribution in [0.5, 0.6) is 0 Å². The van der Waals surface area contributed by atoms with E-state index in [4.69, 9.17) is 0 Å². The first-order chi connectivity index (χ1) is 11.1. The summed E-state index contributed by atoms with van der Waals surface area (Å²) < 4.78 is 14.6. The molecule has 3 rings (SSSR count). The Morgan fingerprint density at radius 3 is 2.52 bits per heavy atom. The van der Waals surface area contributed by atoms with Gasteiger partial charge in [0, 0.05) is 10.0 Å². The summed E-state index contributed by atoms with van der Waals surface area (Å²) in [7, 11) is 0. The van der Waals surface area contributed by atoms with Gasteiger partial charge in [-0.25, -0.2) is 4.39 Å². The highest BCUT2D eigenvalue weighted by molar-refractivity contribution is 9.10. The quantitative estimate of drug-likeness (QED) is 0.703. The Balaban J connectivity index is 1.86. The lowest BCUT2D eigenvalue weighted by atomic mass is 10.2. The average Bonchev–Trinajstić information content (AvgIpc) is 2.79. The number of hydrogen-bond acceptors (Lipinski definition) is 3. The summed E-state index contributed by atoms with van der Waals surface area (Å²) in [5.74, 6) is -0.833. The molecule has 1 aliphatic heterocycles. The van der Waals surface area contributed by atoms with Gasteiger partial charge in [-0.2, -0.15) is 0 Å². The number of thioether (sulfide) groups is 1. The first kappa shape index (κ1) is 16.0. The number of nitrogens with zero attached hydrogens (tertiary/aromatic N) is 1. The zero-order chi connectivity index (χ0) is 16.4. The maximum Gasteiger partial charge on any atom is 0.293 e. The highest BCUT2D eigenvalue weighted by atomic mass is 79.9. The monoisotopic (exact) mass is 391 g/mol. The summed E-state index contributed by atoms with van der Waals surface area (Å²) in [6.45, 7) is -0.0648. The van der Waals surface area contributed by atoms with Gasteiger partial charge >= 0.3 is 0 Å². The number of hydrogen-bond donors (Lipinski definition) is 0. The Labute approximate surface area is 145 Å². The van der Waals surface area contributed by atoms with Crippen molar-refractivity contribution in [3.05, 3.63) is 74.9 Å². The molecule has 0 unspecified atom stereocenters. The van der Waals surface area contributed by atoms with Crippen molar-refractivity contribution < 1.29 is 14.0 Å². The van der Waals surface area contributed by atoms with Gasteiger partial charge in [-0.05, 0) is 35.5 Å². The number of carbonyl (C=O) groups excluding carboxylic acids is 2. The van der Waals surface area contributed by atoms with Gasteiger partial charge < -0.3 is 0 Å². The summed E-state index contributed by atoms with van der Waals surface area (Å²) >= 11 is 4.27. The predicted molar refractivity (Wildman–Crippen MR) is 92.1 cm³/mol. The van der Waals surface area contributed by atoms with Crippen molar-refractivity contribution in [3.8, 4) is 0 Å². The van der Waals surface area contributed by atoms with Gasteiger partial charge in [0.1, 0.15) is 5.82 Å². The molecule has 2 aromatic carbocycles. The lowest BCUT2D eigenvalue weighted by Crippen LogP contribution is -2.27. The topological polar surface area (TPSA) is 37.4 Å². The zero-order valence-corrected chi connectivity index (χ0v) is 14.2. The van der Waals surface area contributed by atoms with Crippen molar-refractivity contribution >= 4 is 44.9 Å². The van der Waals surface area contributed by atoms with Crippen LogP contribution in [0.2, 0.25) is 0 Å². The van der Waals surface area contributed by atoms with Crippen LogP contribution in [0.15, 0.2) is 57.9 Å². The highest BCUT2D eigenvalue weighted by Crippen LogP contribution is 2.34. The zero-order valence-electron chi connectivity index (χ0n) is 11.8. The van der Waals surface area contributed by atoms with E-state index < -0.39 is 17.0 Å². The SMILES string of the molecule is O=C1S/C(=C\c2ccccc2Br)C(=O)N1Cc1ccccc1F. The lowest BCUT2D eigenvalue weighted by Gasteiger charge is -2.12. The number of carbonyl (C=O) groups is 2. The van der Waals surface area contributed by atoms with Crippen molar-refractivity contribution in [2.75, 3.05) is 0 Å². The van der Waals surface area contributed by atoms with Crippen molar-refractivity contribution in [3.63, 3.8) is 0 Å². The number of amides is 2. The minimum atomic E-state index is -0.429. The van der Waals surface area contributed by atoms with E-state index in [1.807, 2.05) is 24.3 Å². The van der Waals surface area contributed by atoms with Crippen molar-refractivity contribution in [1.82, 2.24) is 4.90 Å². The Bertz CT molecular complexity index is 822. The van der Waals surface area contributed by atoms with Crippen molar-refractivity contribution in [1.29, 1.82) is 0 Å². The van der Waals surface area contributed by atoms with Gasteiger partial charge in [0.05, 0.1) is 11.4 Å². The molecule has 0 spiro atoms. The molecule has 2 amide bonds. The van der Waals surface area contributed by atoms with Gasteiger partial charge in [-0.3, -0.25) is 14.5 Å². The van der Waals surface area contributed by atoms with E-state index in [0.717, 1.165) is 26.7 Å². The minimum absolute atomic E-state index is 0.0648. The molecule has 1 fully saturated rings. The van der Waals surface area contributed by atoms with E-state index in [1.54, 1.807) is 24.3 Å². The summed E-state index contributed by atoms with van der Waals surface area (Å²) in [4.78, 5) is 25.9. The Morgan fingerprint density at radius 1 is 1.09 bits per heavy atom. The van der Waals surface area contributed by atoms with Gasteiger partial charge in [-0.15, -0.1) is 0 Å². The fraction of sp³-hybridized carbons (Fsp3) is 0.0588. The third-order valence-corrected chi connectivity index (χ3v) is 4.98. The Morgan fingerprint density at radius 2 is 1.78 bits per heavy atom. The van der Waals surface area contributed by atoms with Crippen LogP contribution >= 0.6 is 27.7 Å². The van der Waals surface area contributed by atoms with E-state index in [0.29, 0.717) is 10.5 Å². The average molecular weight is 392 g/mol. The van der Waals surface area contributed by atoms with Crippen LogP contribution in [-0.4, -0.2) is 16.0 Å². The maximum atomic E-state index is 13.7. The minimum Gasteiger partial charge on any atom is -0.268 e. The Kier molecular flexibility index (Phi) is 4.63. The molecule has 1 aliphatic rings. The van der Waals surface area contributed by atoms with Crippen LogP contribution in [-0.2, 0) is 11.3 Å². The van der Waals surface area contributed by atoms with Crippen LogP contribution in [0.25, 0.3) is 6.08 Å². The summed E-state index contributed by atoms with van der Waals surface area (Å²) in [6, 6.07) is 13.5. The second-order valence-corrected chi connectivity index (χ2v) is 6.73. The molecule has 23 heavy (non-hydrogen) atoms. The summed E-state index contributed by atoms with van der Waals surface area (Å²) in [6.07, 6.45) is 1.66. The molecule has 6 heteroatoms. The van der Waals surface area contributed by atoms with Gasteiger partial charge in [0.2, 0.25) is 0 Å². The van der Waals surface area contributed by atoms with Crippen LogP contribution in [0.4, 0.5) is 9.18 Å². The number of halogens is 2. The fourth-order valence-electron chi connectivity index (χ4n) is 2.17. The second kappa shape index (κ2) is 6.68. The molecular weight excluding hydrogens is 381 g/mol. The van der Waals surface area contributed by atoms with Crippen molar-refractivity contribution in [2.24, 2.45) is 0 Å². The van der Waals surface area contributed by atoms with Crippen LogP contribution < -0.4 is 0 Å². The van der Waals surface area contributed by atoms with Crippen LogP contribution in [0, 0.1) is 5.82 Å². The molecule has 0 N–H and O–H groups in total. The number of imide groups is 1. The first-order valence-electron chi connectivity index (χ1n) is 6.79. The third-order valence-electron chi connectivity index (χ3n) is 3.35. The van der Waals surface area contributed by atoms with Crippen molar-refractivity contribution in [2.45, 2.75) is 6.54 Å². The van der Waals surface area contributed by atoms with Crippen LogP contribution in [0.1, 0.15) is 11.1 Å². The van der Waals surface area contributed by atoms with E-state index in [-0.39, 0.29) is 6.54 Å². The predicted octanol–water partition coefficient (Wildman–Crippen LogP) is 4.82. The number of benzene rings is 2. The third kappa shape index (κ3) is 3.38. The van der Waals surface area contributed by atoms with Gasteiger partial charge in [0.15, 0.2) is 0 Å². The molecule has 0 aromatic heterocycles. The van der Waals surface area contributed by atoms with E-state index >= 15 is 0 Å². The summed E-state index contributed by atoms with van der Waals surface area (Å²) in [5, 5.41) is -0.392. The van der Waals surface area contributed by atoms with Gasteiger partial charge in [0.25, 0.3) is 11.1 Å². The number of rotatable bonds is 3. The fourth-order valence-corrected chi connectivity index (χ4v) is 3.40.